The molecular weight excluding hydrogens is 259 g/mol. The number of aromatic nitrogens is 1. The highest BCUT2D eigenvalue weighted by molar-refractivity contribution is 7.15. The van der Waals surface area contributed by atoms with Crippen LogP contribution in [0.25, 0.3) is 10.6 Å². The fourth-order valence-electron chi connectivity index (χ4n) is 2.10. The van der Waals surface area contributed by atoms with Crippen molar-refractivity contribution in [2.75, 3.05) is 0 Å². The van der Waals surface area contributed by atoms with Crippen LogP contribution in [0.1, 0.15) is 29.0 Å². The predicted octanol–water partition coefficient (Wildman–Crippen LogP) is 3.82. The summed E-state index contributed by atoms with van der Waals surface area (Å²) in [5, 5.41) is 4.41. The third-order valence-corrected chi connectivity index (χ3v) is 4.52. The van der Waals surface area contributed by atoms with Crippen LogP contribution in [0.5, 0.6) is 0 Å². The Morgan fingerprint density at radius 3 is 2.79 bits per heavy atom. The maximum absolute atomic E-state index is 13.4. The molecule has 100 valence electrons. The summed E-state index contributed by atoms with van der Waals surface area (Å²) < 4.78 is 13.4. The molecule has 1 fully saturated rings. The lowest BCUT2D eigenvalue weighted by Gasteiger charge is -2.00. The Morgan fingerprint density at radius 2 is 2.11 bits per heavy atom. The normalized spacial score (nSPS) is 14.9. The Bertz CT molecular complexity index is 582. The van der Waals surface area contributed by atoms with Gasteiger partial charge in [0.15, 0.2) is 0 Å². The number of hydrogen-bond donors (Lipinski definition) is 1. The SMILES string of the molecule is Cc1cc(F)cc(-c2nc(C)c(CNC3CC3)s2)c1. The molecule has 0 unspecified atom stereocenters. The van der Waals surface area contributed by atoms with E-state index < -0.39 is 0 Å². The van der Waals surface area contributed by atoms with E-state index in [4.69, 9.17) is 0 Å². The van der Waals surface area contributed by atoms with Crippen LogP contribution >= 0.6 is 11.3 Å². The maximum atomic E-state index is 13.4. The lowest BCUT2D eigenvalue weighted by atomic mass is 10.1. The summed E-state index contributed by atoms with van der Waals surface area (Å²) in [6.07, 6.45) is 2.57. The number of benzene rings is 1. The first kappa shape index (κ1) is 12.8. The summed E-state index contributed by atoms with van der Waals surface area (Å²) in [6, 6.07) is 5.78. The van der Waals surface area contributed by atoms with E-state index in [1.807, 2.05) is 19.9 Å². The summed E-state index contributed by atoms with van der Waals surface area (Å²) in [5.41, 5.74) is 2.86. The molecule has 2 nitrogen and oxygen atoms in total. The smallest absolute Gasteiger partial charge is 0.124 e. The van der Waals surface area contributed by atoms with Crippen molar-refractivity contribution in [3.63, 3.8) is 0 Å². The minimum absolute atomic E-state index is 0.194. The minimum Gasteiger partial charge on any atom is -0.309 e. The van der Waals surface area contributed by atoms with Gasteiger partial charge in [0.2, 0.25) is 0 Å². The zero-order valence-corrected chi connectivity index (χ0v) is 12.0. The molecule has 0 spiro atoms. The molecule has 1 N–H and O–H groups in total. The van der Waals surface area contributed by atoms with Gasteiger partial charge in [-0.1, -0.05) is 0 Å². The van der Waals surface area contributed by atoms with Gasteiger partial charge in [-0.2, -0.15) is 0 Å². The van der Waals surface area contributed by atoms with E-state index in [9.17, 15) is 4.39 Å². The van der Waals surface area contributed by atoms with Crippen molar-refractivity contribution in [2.24, 2.45) is 0 Å². The molecule has 4 heteroatoms. The van der Waals surface area contributed by atoms with Crippen molar-refractivity contribution in [2.45, 2.75) is 39.3 Å². The average molecular weight is 276 g/mol. The first-order chi connectivity index (χ1) is 9.11. The van der Waals surface area contributed by atoms with Gasteiger partial charge in [-0.15, -0.1) is 11.3 Å². The van der Waals surface area contributed by atoms with Crippen LogP contribution < -0.4 is 5.32 Å². The zero-order chi connectivity index (χ0) is 13.4. The highest BCUT2D eigenvalue weighted by Crippen LogP contribution is 2.30. The number of rotatable bonds is 4. The van der Waals surface area contributed by atoms with Crippen LogP contribution in [0.15, 0.2) is 18.2 Å². The number of nitrogens with one attached hydrogen (secondary N) is 1. The van der Waals surface area contributed by atoms with Crippen molar-refractivity contribution < 1.29 is 4.39 Å². The summed E-state index contributed by atoms with van der Waals surface area (Å²) in [5.74, 6) is -0.194. The van der Waals surface area contributed by atoms with Crippen molar-refractivity contribution in [3.8, 4) is 10.6 Å². The largest absolute Gasteiger partial charge is 0.309 e. The second-order valence-corrected chi connectivity index (χ2v) is 6.28. The Kier molecular flexibility index (Phi) is 3.37. The Balaban J connectivity index is 1.85. The summed E-state index contributed by atoms with van der Waals surface area (Å²) >= 11 is 1.66. The number of nitrogens with zero attached hydrogens (tertiary/aromatic N) is 1. The van der Waals surface area contributed by atoms with Gasteiger partial charge in [0, 0.05) is 23.0 Å². The molecule has 0 bridgehead atoms. The maximum Gasteiger partial charge on any atom is 0.124 e. The molecule has 0 amide bonds. The second kappa shape index (κ2) is 5.02. The quantitative estimate of drug-likeness (QED) is 0.918. The molecule has 1 aromatic heterocycles. The third-order valence-electron chi connectivity index (χ3n) is 3.31. The van der Waals surface area contributed by atoms with E-state index in [0.29, 0.717) is 6.04 Å². The molecule has 0 atom stereocenters. The molecule has 0 saturated heterocycles. The second-order valence-electron chi connectivity index (χ2n) is 5.20. The molecular formula is C15H17FN2S. The fourth-order valence-corrected chi connectivity index (χ4v) is 3.10. The van der Waals surface area contributed by atoms with E-state index in [1.54, 1.807) is 23.5 Å². The van der Waals surface area contributed by atoms with Crippen molar-refractivity contribution in [1.29, 1.82) is 0 Å². The van der Waals surface area contributed by atoms with Crippen molar-refractivity contribution in [1.82, 2.24) is 10.3 Å². The first-order valence-corrected chi connectivity index (χ1v) is 7.41. The molecule has 1 saturated carbocycles. The predicted molar refractivity (Wildman–Crippen MR) is 76.8 cm³/mol. The average Bonchev–Trinajstić information content (AvgIpc) is 3.09. The number of halogens is 1. The Hall–Kier alpha value is -1.26. The Morgan fingerprint density at radius 1 is 1.32 bits per heavy atom. The minimum atomic E-state index is -0.194. The van der Waals surface area contributed by atoms with E-state index in [1.165, 1.54) is 17.7 Å². The van der Waals surface area contributed by atoms with Gasteiger partial charge in [-0.05, 0) is 50.5 Å². The first-order valence-electron chi connectivity index (χ1n) is 6.59. The van der Waals surface area contributed by atoms with E-state index in [-0.39, 0.29) is 5.82 Å². The van der Waals surface area contributed by atoms with Gasteiger partial charge in [-0.25, -0.2) is 9.37 Å². The standard InChI is InChI=1S/C15H17FN2S/c1-9-5-11(7-12(16)6-9)15-18-10(2)14(19-15)8-17-13-3-4-13/h5-7,13,17H,3-4,8H2,1-2H3. The fraction of sp³-hybridized carbons (Fsp3) is 0.400. The molecule has 1 aromatic carbocycles. The van der Waals surface area contributed by atoms with Crippen molar-refractivity contribution >= 4 is 11.3 Å². The number of aryl methyl sites for hydroxylation is 2. The van der Waals surface area contributed by atoms with Gasteiger partial charge in [-0.3, -0.25) is 0 Å². The third kappa shape index (κ3) is 3.01. The van der Waals surface area contributed by atoms with Crippen molar-refractivity contribution in [3.05, 3.63) is 40.2 Å². The van der Waals surface area contributed by atoms with Gasteiger partial charge in [0.25, 0.3) is 0 Å². The topological polar surface area (TPSA) is 24.9 Å². The molecule has 1 aliphatic carbocycles. The molecule has 1 aliphatic rings. The van der Waals surface area contributed by atoms with Gasteiger partial charge in [0.1, 0.15) is 10.8 Å². The van der Waals surface area contributed by atoms with Crippen LogP contribution in [-0.2, 0) is 6.54 Å². The molecule has 3 rings (SSSR count). The van der Waals surface area contributed by atoms with Gasteiger partial charge in [0.05, 0.1) is 5.69 Å². The van der Waals surface area contributed by atoms with Crippen LogP contribution in [0.2, 0.25) is 0 Å². The summed E-state index contributed by atoms with van der Waals surface area (Å²) in [6.45, 7) is 4.81. The Labute approximate surface area is 116 Å². The van der Waals surface area contributed by atoms with E-state index in [0.717, 1.165) is 28.4 Å². The molecule has 19 heavy (non-hydrogen) atoms. The number of hydrogen-bond acceptors (Lipinski definition) is 3. The molecule has 2 aromatic rings. The van der Waals surface area contributed by atoms with E-state index >= 15 is 0 Å². The molecule has 0 aliphatic heterocycles. The van der Waals surface area contributed by atoms with E-state index in [2.05, 4.69) is 10.3 Å². The molecule has 0 radical (unpaired) electrons. The number of thiazole rings is 1. The lowest BCUT2D eigenvalue weighted by molar-refractivity contribution is 0.627. The summed E-state index contributed by atoms with van der Waals surface area (Å²) in [4.78, 5) is 5.83. The van der Waals surface area contributed by atoms with Gasteiger partial charge < -0.3 is 5.32 Å². The van der Waals surface area contributed by atoms with Crippen LogP contribution in [-0.4, -0.2) is 11.0 Å². The van der Waals surface area contributed by atoms with Gasteiger partial charge >= 0.3 is 0 Å². The zero-order valence-electron chi connectivity index (χ0n) is 11.2. The van der Waals surface area contributed by atoms with Crippen LogP contribution in [0, 0.1) is 19.7 Å². The lowest BCUT2D eigenvalue weighted by Crippen LogP contribution is -2.14. The highest BCUT2D eigenvalue weighted by atomic mass is 32.1. The highest BCUT2D eigenvalue weighted by Gasteiger charge is 2.21. The summed E-state index contributed by atoms with van der Waals surface area (Å²) in [7, 11) is 0. The molecule has 1 heterocycles. The van der Waals surface area contributed by atoms with Crippen LogP contribution in [0.3, 0.4) is 0 Å². The van der Waals surface area contributed by atoms with Crippen LogP contribution in [0.4, 0.5) is 4.39 Å². The monoisotopic (exact) mass is 276 g/mol.